The van der Waals surface area contributed by atoms with E-state index in [1.165, 1.54) is 11.1 Å². The van der Waals surface area contributed by atoms with Gasteiger partial charge >= 0.3 is 0 Å². The molecule has 0 radical (unpaired) electrons. The van der Waals surface area contributed by atoms with E-state index in [1.807, 2.05) is 42.5 Å². The lowest BCUT2D eigenvalue weighted by Gasteiger charge is -2.34. The van der Waals surface area contributed by atoms with Crippen molar-refractivity contribution in [3.8, 4) is 45.3 Å². The number of benzene rings is 5. The molecule has 0 aliphatic carbocycles. The fourth-order valence-corrected chi connectivity index (χ4v) is 5.47. The third kappa shape index (κ3) is 3.67. The largest absolute Gasteiger partial charge is 0.457 e. The number of rotatable bonds is 3. The van der Waals surface area contributed by atoms with E-state index in [9.17, 15) is 0 Å². The van der Waals surface area contributed by atoms with Crippen molar-refractivity contribution in [3.05, 3.63) is 132 Å². The standard InChI is InChI=1S/C35H26N2O/c1-35(2)28-13-7-9-15-31(28)38-32-22-26(20-21-29(32)35)23-16-18-24(19-17-23)33-27-12-6-8-14-30(27)36-34(37-33)25-10-4-3-5-11-25/h3-22H,1-2H3. The smallest absolute Gasteiger partial charge is 0.160 e. The molecule has 3 nitrogen and oxygen atoms in total. The number of para-hydroxylation sites is 2. The van der Waals surface area contributed by atoms with E-state index >= 15 is 0 Å². The van der Waals surface area contributed by atoms with Gasteiger partial charge in [0.25, 0.3) is 0 Å². The number of ether oxygens (including phenoxy) is 1. The first kappa shape index (κ1) is 22.4. The van der Waals surface area contributed by atoms with Gasteiger partial charge in [0.1, 0.15) is 11.5 Å². The van der Waals surface area contributed by atoms with Crippen LogP contribution in [0.4, 0.5) is 0 Å². The summed E-state index contributed by atoms with van der Waals surface area (Å²) in [4.78, 5) is 9.85. The van der Waals surface area contributed by atoms with Crippen LogP contribution in [-0.2, 0) is 5.41 Å². The van der Waals surface area contributed by atoms with Crippen molar-refractivity contribution < 1.29 is 4.74 Å². The number of nitrogens with zero attached hydrogens (tertiary/aromatic N) is 2. The molecule has 0 bridgehead atoms. The summed E-state index contributed by atoms with van der Waals surface area (Å²) in [5.74, 6) is 2.59. The lowest BCUT2D eigenvalue weighted by molar-refractivity contribution is 0.418. The molecule has 1 aliphatic heterocycles. The zero-order chi connectivity index (χ0) is 25.7. The summed E-state index contributed by atoms with van der Waals surface area (Å²) in [6, 6.07) is 41.9. The van der Waals surface area contributed by atoms with Crippen LogP contribution in [0.3, 0.4) is 0 Å². The first-order valence-corrected chi connectivity index (χ1v) is 12.9. The summed E-state index contributed by atoms with van der Waals surface area (Å²) in [7, 11) is 0. The zero-order valence-electron chi connectivity index (χ0n) is 21.3. The molecule has 2 heterocycles. The monoisotopic (exact) mass is 490 g/mol. The van der Waals surface area contributed by atoms with E-state index in [0.717, 1.165) is 56.2 Å². The molecular formula is C35H26N2O. The van der Waals surface area contributed by atoms with Gasteiger partial charge in [-0.25, -0.2) is 9.97 Å². The Balaban J connectivity index is 1.28. The summed E-state index contributed by atoms with van der Waals surface area (Å²) in [6.07, 6.45) is 0. The Morgan fingerprint density at radius 3 is 2.03 bits per heavy atom. The molecular weight excluding hydrogens is 464 g/mol. The fourth-order valence-electron chi connectivity index (χ4n) is 5.47. The highest BCUT2D eigenvalue weighted by Gasteiger charge is 2.34. The van der Waals surface area contributed by atoms with Gasteiger partial charge in [0.2, 0.25) is 0 Å². The van der Waals surface area contributed by atoms with Gasteiger partial charge in [-0.1, -0.05) is 117 Å². The van der Waals surface area contributed by atoms with Crippen molar-refractivity contribution in [2.45, 2.75) is 19.3 Å². The van der Waals surface area contributed by atoms with Gasteiger partial charge in [0, 0.05) is 33.1 Å². The molecule has 0 spiro atoms. The van der Waals surface area contributed by atoms with Crippen molar-refractivity contribution >= 4 is 10.9 Å². The minimum atomic E-state index is -0.114. The number of fused-ring (bicyclic) bond motifs is 3. The average Bonchev–Trinajstić information content (AvgIpc) is 2.97. The predicted octanol–water partition coefficient (Wildman–Crippen LogP) is 9.06. The molecule has 0 unspecified atom stereocenters. The summed E-state index contributed by atoms with van der Waals surface area (Å²) in [6.45, 7) is 4.52. The number of aromatic nitrogens is 2. The molecule has 7 rings (SSSR count). The van der Waals surface area contributed by atoms with Gasteiger partial charge in [-0.2, -0.15) is 0 Å². The lowest BCUT2D eigenvalue weighted by Crippen LogP contribution is -2.24. The molecule has 0 saturated heterocycles. The van der Waals surface area contributed by atoms with E-state index in [2.05, 4.69) is 92.7 Å². The van der Waals surface area contributed by atoms with Gasteiger partial charge in [-0.3, -0.25) is 0 Å². The fraction of sp³-hybridized carbons (Fsp3) is 0.0857. The SMILES string of the molecule is CC1(C)c2ccccc2Oc2cc(-c3ccc(-c4nc(-c5ccccc5)nc5ccccc45)cc3)ccc21. The molecule has 3 heteroatoms. The Kier molecular flexibility index (Phi) is 5.12. The van der Waals surface area contributed by atoms with Crippen LogP contribution in [0.15, 0.2) is 121 Å². The summed E-state index contributed by atoms with van der Waals surface area (Å²) in [5.41, 5.74) is 8.53. The van der Waals surface area contributed by atoms with Gasteiger partial charge in [0.05, 0.1) is 11.2 Å². The van der Waals surface area contributed by atoms with Gasteiger partial charge in [0.15, 0.2) is 5.82 Å². The minimum absolute atomic E-state index is 0.114. The molecule has 0 amide bonds. The highest BCUT2D eigenvalue weighted by atomic mass is 16.5. The van der Waals surface area contributed by atoms with E-state index in [1.54, 1.807) is 0 Å². The maximum Gasteiger partial charge on any atom is 0.160 e. The molecule has 0 fully saturated rings. The highest BCUT2D eigenvalue weighted by molar-refractivity contribution is 5.94. The molecule has 1 aromatic heterocycles. The second kappa shape index (κ2) is 8.67. The topological polar surface area (TPSA) is 35.0 Å². The Labute approximate surface area is 222 Å². The Morgan fingerprint density at radius 1 is 0.526 bits per heavy atom. The highest BCUT2D eigenvalue weighted by Crippen LogP contribution is 2.48. The second-order valence-electron chi connectivity index (χ2n) is 10.3. The van der Waals surface area contributed by atoms with Crippen molar-refractivity contribution in [2.75, 3.05) is 0 Å². The molecule has 0 N–H and O–H groups in total. The maximum absolute atomic E-state index is 6.35. The van der Waals surface area contributed by atoms with Crippen LogP contribution in [0.2, 0.25) is 0 Å². The van der Waals surface area contributed by atoms with Gasteiger partial charge < -0.3 is 4.74 Å². The number of hydrogen-bond donors (Lipinski definition) is 0. The minimum Gasteiger partial charge on any atom is -0.457 e. The van der Waals surface area contributed by atoms with Crippen molar-refractivity contribution in [1.82, 2.24) is 9.97 Å². The van der Waals surface area contributed by atoms with Gasteiger partial charge in [-0.15, -0.1) is 0 Å². The zero-order valence-corrected chi connectivity index (χ0v) is 21.3. The molecule has 38 heavy (non-hydrogen) atoms. The first-order chi connectivity index (χ1) is 18.6. The second-order valence-corrected chi connectivity index (χ2v) is 10.3. The normalized spacial score (nSPS) is 13.4. The van der Waals surface area contributed by atoms with Crippen LogP contribution in [0.5, 0.6) is 11.5 Å². The van der Waals surface area contributed by atoms with E-state index in [4.69, 9.17) is 14.7 Å². The Morgan fingerprint density at radius 2 is 1.18 bits per heavy atom. The summed E-state index contributed by atoms with van der Waals surface area (Å²) >= 11 is 0. The first-order valence-electron chi connectivity index (χ1n) is 12.9. The molecule has 6 aromatic rings. The van der Waals surface area contributed by atoms with Crippen LogP contribution < -0.4 is 4.74 Å². The molecule has 0 saturated carbocycles. The average molecular weight is 491 g/mol. The van der Waals surface area contributed by atoms with E-state index in [-0.39, 0.29) is 5.41 Å². The van der Waals surface area contributed by atoms with E-state index in [0.29, 0.717) is 0 Å². The predicted molar refractivity (Wildman–Crippen MR) is 154 cm³/mol. The molecule has 182 valence electrons. The molecule has 0 atom stereocenters. The van der Waals surface area contributed by atoms with Crippen molar-refractivity contribution in [1.29, 1.82) is 0 Å². The third-order valence-corrected chi connectivity index (χ3v) is 7.56. The van der Waals surface area contributed by atoms with Crippen molar-refractivity contribution in [2.24, 2.45) is 0 Å². The maximum atomic E-state index is 6.35. The van der Waals surface area contributed by atoms with Crippen molar-refractivity contribution in [3.63, 3.8) is 0 Å². The Bertz CT molecular complexity index is 1800. The lowest BCUT2D eigenvalue weighted by atomic mass is 9.75. The quantitative estimate of drug-likeness (QED) is 0.248. The third-order valence-electron chi connectivity index (χ3n) is 7.56. The Hall–Kier alpha value is -4.76. The number of hydrogen-bond acceptors (Lipinski definition) is 3. The van der Waals surface area contributed by atoms with Crippen LogP contribution in [0.25, 0.3) is 44.7 Å². The van der Waals surface area contributed by atoms with Crippen LogP contribution in [0.1, 0.15) is 25.0 Å². The van der Waals surface area contributed by atoms with Crippen LogP contribution in [0, 0.1) is 0 Å². The van der Waals surface area contributed by atoms with Crippen LogP contribution >= 0.6 is 0 Å². The summed E-state index contributed by atoms with van der Waals surface area (Å²) in [5, 5.41) is 1.04. The van der Waals surface area contributed by atoms with Gasteiger partial charge in [-0.05, 0) is 29.3 Å². The van der Waals surface area contributed by atoms with E-state index < -0.39 is 0 Å². The van der Waals surface area contributed by atoms with Crippen LogP contribution in [-0.4, -0.2) is 9.97 Å². The summed E-state index contributed by atoms with van der Waals surface area (Å²) < 4.78 is 6.35. The molecule has 1 aliphatic rings. The molecule has 5 aromatic carbocycles.